The molecular formula is C10H17NO3. The number of carbonyl (C=O) groups is 1. The van der Waals surface area contributed by atoms with Crippen LogP contribution in [0.2, 0.25) is 0 Å². The Kier molecular flexibility index (Phi) is 1.92. The van der Waals surface area contributed by atoms with Gasteiger partial charge in [0.05, 0.1) is 11.6 Å². The van der Waals surface area contributed by atoms with E-state index in [1.807, 2.05) is 13.8 Å². The van der Waals surface area contributed by atoms with Crippen LogP contribution in [-0.2, 0) is 9.53 Å². The lowest BCUT2D eigenvalue weighted by Crippen LogP contribution is -2.49. The van der Waals surface area contributed by atoms with Crippen molar-refractivity contribution in [1.29, 1.82) is 0 Å². The van der Waals surface area contributed by atoms with E-state index in [0.29, 0.717) is 0 Å². The van der Waals surface area contributed by atoms with E-state index in [9.17, 15) is 9.90 Å². The van der Waals surface area contributed by atoms with Crippen molar-refractivity contribution in [3.63, 3.8) is 0 Å². The molecule has 1 amide bonds. The Labute approximate surface area is 83.6 Å². The zero-order chi connectivity index (χ0) is 10.6. The van der Waals surface area contributed by atoms with E-state index in [4.69, 9.17) is 4.74 Å². The normalized spacial score (nSPS) is 50.9. The van der Waals surface area contributed by atoms with Gasteiger partial charge in [-0.25, -0.2) is 0 Å². The highest BCUT2D eigenvalue weighted by atomic mass is 16.6. The molecule has 1 saturated heterocycles. The number of hydrogen-bond acceptors (Lipinski definition) is 3. The Bertz CT molecular complexity index is 281. The Morgan fingerprint density at radius 1 is 1.50 bits per heavy atom. The molecule has 1 aliphatic heterocycles. The summed E-state index contributed by atoms with van der Waals surface area (Å²) in [6.45, 7) is 5.42. The van der Waals surface area contributed by atoms with Crippen molar-refractivity contribution in [1.82, 2.24) is 5.32 Å². The molecule has 14 heavy (non-hydrogen) atoms. The van der Waals surface area contributed by atoms with Crippen molar-refractivity contribution in [3.8, 4) is 0 Å². The van der Waals surface area contributed by atoms with Crippen LogP contribution in [0, 0.1) is 5.41 Å². The summed E-state index contributed by atoms with van der Waals surface area (Å²) in [7, 11) is 0. The number of ether oxygens (including phenoxy) is 1. The van der Waals surface area contributed by atoms with Crippen LogP contribution in [0.15, 0.2) is 0 Å². The third-order valence-corrected chi connectivity index (χ3v) is 3.72. The fourth-order valence-corrected chi connectivity index (χ4v) is 2.81. The third kappa shape index (κ3) is 1.10. The first-order valence-corrected chi connectivity index (χ1v) is 5.01. The molecule has 2 N–H and O–H groups in total. The molecule has 0 spiro atoms. The lowest BCUT2D eigenvalue weighted by Gasteiger charge is -2.28. The standard InChI is InChI=1S/C10H17NO3/c1-6(12)11-7-9(2)4-5-10(7,3)14-8(9)13/h7-8,13H,4-5H2,1-3H3,(H,11,12). The largest absolute Gasteiger partial charge is 0.367 e. The van der Waals surface area contributed by atoms with Crippen LogP contribution in [0.1, 0.15) is 33.6 Å². The second-order valence-electron chi connectivity index (χ2n) is 4.92. The molecule has 4 unspecified atom stereocenters. The number of fused-ring (bicyclic) bond motifs is 2. The van der Waals surface area contributed by atoms with Crippen LogP contribution in [0.25, 0.3) is 0 Å². The second kappa shape index (κ2) is 2.70. The fourth-order valence-electron chi connectivity index (χ4n) is 2.81. The molecule has 4 nitrogen and oxygen atoms in total. The Morgan fingerprint density at radius 2 is 2.14 bits per heavy atom. The van der Waals surface area contributed by atoms with E-state index in [2.05, 4.69) is 5.32 Å². The molecule has 0 radical (unpaired) electrons. The molecule has 2 fully saturated rings. The van der Waals surface area contributed by atoms with Gasteiger partial charge in [0.25, 0.3) is 0 Å². The van der Waals surface area contributed by atoms with E-state index in [1.165, 1.54) is 6.92 Å². The first kappa shape index (κ1) is 9.93. The molecular weight excluding hydrogens is 182 g/mol. The predicted octanol–water partition coefficient (Wildman–Crippen LogP) is 0.398. The number of rotatable bonds is 1. The SMILES string of the molecule is CC(=O)NC1C2(C)CCC1(C)C(O)O2. The van der Waals surface area contributed by atoms with Gasteiger partial charge >= 0.3 is 0 Å². The lowest BCUT2D eigenvalue weighted by atomic mass is 9.84. The Balaban J connectivity index is 2.27. The highest BCUT2D eigenvalue weighted by Crippen LogP contribution is 2.55. The number of aliphatic hydroxyl groups excluding tert-OH is 1. The van der Waals surface area contributed by atoms with Crippen LogP contribution in [0.5, 0.6) is 0 Å². The Morgan fingerprint density at radius 3 is 2.50 bits per heavy atom. The molecule has 1 aliphatic carbocycles. The van der Waals surface area contributed by atoms with Gasteiger partial charge in [-0.2, -0.15) is 0 Å². The van der Waals surface area contributed by atoms with Gasteiger partial charge in [-0.05, 0) is 19.8 Å². The number of hydrogen-bond donors (Lipinski definition) is 2. The molecule has 2 rings (SSSR count). The highest BCUT2D eigenvalue weighted by molar-refractivity contribution is 5.73. The van der Waals surface area contributed by atoms with Crippen LogP contribution < -0.4 is 5.32 Å². The summed E-state index contributed by atoms with van der Waals surface area (Å²) >= 11 is 0. The second-order valence-corrected chi connectivity index (χ2v) is 4.92. The summed E-state index contributed by atoms with van der Waals surface area (Å²) in [5.41, 5.74) is -0.708. The van der Waals surface area contributed by atoms with E-state index in [-0.39, 0.29) is 23.0 Å². The average molecular weight is 199 g/mol. The molecule has 80 valence electrons. The number of amides is 1. The monoisotopic (exact) mass is 199 g/mol. The molecule has 4 atom stereocenters. The maximum atomic E-state index is 11.1. The van der Waals surface area contributed by atoms with Crippen molar-refractivity contribution in [3.05, 3.63) is 0 Å². The summed E-state index contributed by atoms with van der Waals surface area (Å²) in [4.78, 5) is 11.1. The molecule has 1 heterocycles. The van der Waals surface area contributed by atoms with Gasteiger partial charge in [-0.15, -0.1) is 0 Å². The minimum Gasteiger partial charge on any atom is -0.367 e. The van der Waals surface area contributed by atoms with Crippen molar-refractivity contribution in [2.75, 3.05) is 0 Å². The first-order valence-electron chi connectivity index (χ1n) is 5.01. The van der Waals surface area contributed by atoms with Crippen molar-refractivity contribution in [2.24, 2.45) is 5.41 Å². The number of aliphatic hydroxyl groups is 1. The molecule has 2 aliphatic rings. The molecule has 0 aromatic rings. The van der Waals surface area contributed by atoms with Gasteiger partial charge in [0.1, 0.15) is 0 Å². The summed E-state index contributed by atoms with van der Waals surface area (Å²) in [6, 6.07) is -0.0671. The minimum atomic E-state index is -0.752. The third-order valence-electron chi connectivity index (χ3n) is 3.72. The van der Waals surface area contributed by atoms with Crippen molar-refractivity contribution in [2.45, 2.75) is 51.5 Å². The zero-order valence-corrected chi connectivity index (χ0v) is 8.83. The summed E-state index contributed by atoms with van der Waals surface area (Å²) in [5, 5.41) is 12.6. The van der Waals surface area contributed by atoms with E-state index < -0.39 is 6.29 Å². The van der Waals surface area contributed by atoms with Gasteiger partial charge in [0, 0.05) is 12.3 Å². The minimum absolute atomic E-state index is 0.0629. The van der Waals surface area contributed by atoms with Gasteiger partial charge in [-0.3, -0.25) is 4.79 Å². The Hall–Kier alpha value is -0.610. The molecule has 0 aromatic heterocycles. The fraction of sp³-hybridized carbons (Fsp3) is 0.900. The van der Waals surface area contributed by atoms with Crippen LogP contribution in [0.3, 0.4) is 0 Å². The van der Waals surface area contributed by atoms with E-state index >= 15 is 0 Å². The number of carbonyl (C=O) groups excluding carboxylic acids is 1. The lowest BCUT2D eigenvalue weighted by molar-refractivity contribution is -0.184. The maximum absolute atomic E-state index is 11.1. The van der Waals surface area contributed by atoms with Crippen LogP contribution >= 0.6 is 0 Å². The number of nitrogens with one attached hydrogen (secondary N) is 1. The molecule has 2 bridgehead atoms. The van der Waals surface area contributed by atoms with Crippen LogP contribution in [0.4, 0.5) is 0 Å². The van der Waals surface area contributed by atoms with E-state index in [0.717, 1.165) is 12.8 Å². The predicted molar refractivity (Wildman–Crippen MR) is 50.4 cm³/mol. The van der Waals surface area contributed by atoms with Gasteiger partial charge in [-0.1, -0.05) is 6.92 Å². The summed E-state index contributed by atoms with van der Waals surface area (Å²) in [5.74, 6) is -0.0629. The molecule has 1 saturated carbocycles. The van der Waals surface area contributed by atoms with E-state index in [1.54, 1.807) is 0 Å². The summed E-state index contributed by atoms with van der Waals surface area (Å²) < 4.78 is 5.51. The van der Waals surface area contributed by atoms with Crippen molar-refractivity contribution >= 4 is 5.91 Å². The molecule has 4 heteroatoms. The highest BCUT2D eigenvalue weighted by Gasteiger charge is 2.64. The van der Waals surface area contributed by atoms with Gasteiger partial charge < -0.3 is 15.2 Å². The first-order chi connectivity index (χ1) is 6.38. The quantitative estimate of drug-likeness (QED) is 0.642. The average Bonchev–Trinajstić information content (AvgIpc) is 2.38. The van der Waals surface area contributed by atoms with Gasteiger partial charge in [0.2, 0.25) is 5.91 Å². The van der Waals surface area contributed by atoms with Gasteiger partial charge in [0.15, 0.2) is 6.29 Å². The molecule has 0 aromatic carbocycles. The maximum Gasteiger partial charge on any atom is 0.217 e. The topological polar surface area (TPSA) is 58.6 Å². The summed E-state index contributed by atoms with van der Waals surface area (Å²) in [6.07, 6.45) is 1.04. The van der Waals surface area contributed by atoms with Crippen molar-refractivity contribution < 1.29 is 14.6 Å². The zero-order valence-electron chi connectivity index (χ0n) is 8.83. The smallest absolute Gasteiger partial charge is 0.217 e. The van der Waals surface area contributed by atoms with Crippen LogP contribution in [-0.4, -0.2) is 28.9 Å².